The summed E-state index contributed by atoms with van der Waals surface area (Å²) in [6.07, 6.45) is 0. The van der Waals surface area contributed by atoms with E-state index in [2.05, 4.69) is 54.9 Å². The number of ether oxygens (including phenoxy) is 2. The molecule has 33 heavy (non-hydrogen) atoms. The number of nitriles is 1. The monoisotopic (exact) mass is 502 g/mol. The van der Waals surface area contributed by atoms with Gasteiger partial charge in [0, 0.05) is 16.1 Å². The Morgan fingerprint density at radius 3 is 2.42 bits per heavy atom. The van der Waals surface area contributed by atoms with Crippen LogP contribution in [0.1, 0.15) is 53.7 Å². The molecule has 0 aliphatic carbocycles. The van der Waals surface area contributed by atoms with Crippen LogP contribution in [-0.2, 0) is 5.41 Å². The first kappa shape index (κ1) is 22.6. The number of esters is 1. The maximum atomic E-state index is 12.6. The summed E-state index contributed by atoms with van der Waals surface area (Å²) in [6, 6.07) is 22.6. The number of hydrogen-bond acceptors (Lipinski definition) is 5. The van der Waals surface area contributed by atoms with E-state index in [-0.39, 0.29) is 17.2 Å². The highest BCUT2D eigenvalue weighted by Gasteiger charge is 2.31. The van der Waals surface area contributed by atoms with Gasteiger partial charge < -0.3 is 15.2 Å². The van der Waals surface area contributed by atoms with Crippen molar-refractivity contribution in [1.29, 1.82) is 5.26 Å². The number of carbonyl (C=O) groups excluding carboxylic acids is 1. The molecule has 6 heteroatoms. The Morgan fingerprint density at radius 2 is 1.79 bits per heavy atom. The third-order valence-corrected chi connectivity index (χ3v) is 6.30. The summed E-state index contributed by atoms with van der Waals surface area (Å²) in [7, 11) is 0. The smallest absolute Gasteiger partial charge is 0.344 e. The predicted molar refractivity (Wildman–Crippen MR) is 130 cm³/mol. The molecule has 1 heterocycles. The molecule has 1 aliphatic rings. The minimum absolute atomic E-state index is 0.0194. The third kappa shape index (κ3) is 4.50. The maximum absolute atomic E-state index is 12.6. The molecule has 0 amide bonds. The van der Waals surface area contributed by atoms with Crippen LogP contribution in [0.4, 0.5) is 0 Å². The number of carbonyl (C=O) groups is 1. The molecule has 5 nitrogen and oxygen atoms in total. The van der Waals surface area contributed by atoms with Crippen molar-refractivity contribution in [2.24, 2.45) is 5.73 Å². The summed E-state index contributed by atoms with van der Waals surface area (Å²) in [5.74, 6) is -0.0443. The highest BCUT2D eigenvalue weighted by Crippen LogP contribution is 2.43. The quantitative estimate of drug-likeness (QED) is 0.341. The van der Waals surface area contributed by atoms with E-state index in [0.717, 1.165) is 11.1 Å². The minimum atomic E-state index is -0.492. The Morgan fingerprint density at radius 1 is 1.09 bits per heavy atom. The second-order valence-electron chi connectivity index (χ2n) is 8.87. The van der Waals surface area contributed by atoms with E-state index in [9.17, 15) is 10.1 Å². The van der Waals surface area contributed by atoms with Gasteiger partial charge in [0.15, 0.2) is 0 Å². The van der Waals surface area contributed by atoms with E-state index in [4.69, 9.17) is 15.2 Å². The van der Waals surface area contributed by atoms with Crippen LogP contribution in [0.2, 0.25) is 0 Å². The topological polar surface area (TPSA) is 85.3 Å². The highest BCUT2D eigenvalue weighted by molar-refractivity contribution is 9.10. The number of benzene rings is 3. The van der Waals surface area contributed by atoms with Gasteiger partial charge in [-0.15, -0.1) is 0 Å². The van der Waals surface area contributed by atoms with Crippen molar-refractivity contribution in [3.63, 3.8) is 0 Å². The molecule has 2 N–H and O–H groups in total. The normalized spacial score (nSPS) is 15.3. The van der Waals surface area contributed by atoms with Crippen molar-refractivity contribution in [2.45, 2.75) is 32.1 Å². The zero-order valence-corrected chi connectivity index (χ0v) is 20.1. The summed E-state index contributed by atoms with van der Waals surface area (Å²) in [4.78, 5) is 12.6. The molecule has 1 aliphatic heterocycles. The van der Waals surface area contributed by atoms with Gasteiger partial charge in [0.05, 0.1) is 11.5 Å². The molecule has 3 aromatic rings. The van der Waals surface area contributed by atoms with Crippen molar-refractivity contribution in [1.82, 2.24) is 0 Å². The number of nitrogens with two attached hydrogens (primary N) is 1. The zero-order valence-electron chi connectivity index (χ0n) is 18.6. The number of nitrogens with zero attached hydrogens (tertiary/aromatic N) is 1. The largest absolute Gasteiger partial charge is 0.440 e. The van der Waals surface area contributed by atoms with Crippen LogP contribution in [-0.4, -0.2) is 5.97 Å². The zero-order chi connectivity index (χ0) is 23.8. The van der Waals surface area contributed by atoms with Crippen LogP contribution in [0.25, 0.3) is 0 Å². The first-order valence-electron chi connectivity index (χ1n) is 10.5. The van der Waals surface area contributed by atoms with Gasteiger partial charge in [-0.25, -0.2) is 4.79 Å². The van der Waals surface area contributed by atoms with E-state index in [1.807, 2.05) is 24.3 Å². The number of allylic oxidation sites excluding steroid dienone is 1. The van der Waals surface area contributed by atoms with Gasteiger partial charge in [-0.2, -0.15) is 5.26 Å². The molecule has 0 radical (unpaired) electrons. The van der Waals surface area contributed by atoms with Crippen molar-refractivity contribution >= 4 is 21.9 Å². The Bertz CT molecular complexity index is 1300. The van der Waals surface area contributed by atoms with Crippen molar-refractivity contribution in [3.05, 3.63) is 105 Å². The fourth-order valence-electron chi connectivity index (χ4n) is 3.81. The van der Waals surface area contributed by atoms with Crippen LogP contribution in [0.15, 0.2) is 82.7 Å². The average molecular weight is 503 g/mol. The first-order chi connectivity index (χ1) is 15.7. The molecule has 0 spiro atoms. The van der Waals surface area contributed by atoms with Gasteiger partial charge in [0.2, 0.25) is 5.88 Å². The lowest BCUT2D eigenvalue weighted by atomic mass is 9.81. The van der Waals surface area contributed by atoms with Crippen LogP contribution >= 0.6 is 15.9 Å². The molecule has 1 atom stereocenters. The SMILES string of the molecule is CC(C)(C)c1ccc(C2C(C#N)=C(N)Oc3cc(OC(=O)c4ccccc4Br)ccc32)cc1. The Kier molecular flexibility index (Phi) is 6.01. The van der Waals surface area contributed by atoms with Crippen LogP contribution < -0.4 is 15.2 Å². The molecule has 0 bridgehead atoms. The lowest BCUT2D eigenvalue weighted by Crippen LogP contribution is -2.21. The van der Waals surface area contributed by atoms with Gasteiger partial charge in [-0.05, 0) is 50.7 Å². The minimum Gasteiger partial charge on any atom is -0.440 e. The fourth-order valence-corrected chi connectivity index (χ4v) is 4.25. The fraction of sp³-hybridized carbons (Fsp3) is 0.185. The second-order valence-corrected chi connectivity index (χ2v) is 9.72. The van der Waals surface area contributed by atoms with Gasteiger partial charge in [0.25, 0.3) is 0 Å². The van der Waals surface area contributed by atoms with Gasteiger partial charge in [0.1, 0.15) is 23.1 Å². The maximum Gasteiger partial charge on any atom is 0.344 e. The summed E-state index contributed by atoms with van der Waals surface area (Å²) >= 11 is 3.36. The molecule has 0 saturated heterocycles. The molecule has 0 aromatic heterocycles. The van der Waals surface area contributed by atoms with E-state index in [1.54, 1.807) is 30.3 Å². The summed E-state index contributed by atoms with van der Waals surface area (Å²) < 4.78 is 12.0. The number of halogens is 1. The lowest BCUT2D eigenvalue weighted by molar-refractivity contribution is 0.0733. The molecule has 0 fully saturated rings. The van der Waals surface area contributed by atoms with Gasteiger partial charge >= 0.3 is 5.97 Å². The second kappa shape index (κ2) is 8.76. The van der Waals surface area contributed by atoms with Crippen molar-refractivity contribution < 1.29 is 14.3 Å². The molecule has 3 aromatic carbocycles. The molecule has 0 saturated carbocycles. The molecular weight excluding hydrogens is 480 g/mol. The van der Waals surface area contributed by atoms with E-state index in [1.165, 1.54) is 5.56 Å². The Hall–Kier alpha value is -3.56. The number of fused-ring (bicyclic) bond motifs is 1. The first-order valence-corrected chi connectivity index (χ1v) is 11.3. The average Bonchev–Trinajstić information content (AvgIpc) is 2.77. The summed E-state index contributed by atoms with van der Waals surface area (Å²) in [5, 5.41) is 9.79. The van der Waals surface area contributed by atoms with Crippen molar-refractivity contribution in [2.75, 3.05) is 0 Å². The van der Waals surface area contributed by atoms with Crippen molar-refractivity contribution in [3.8, 4) is 17.6 Å². The van der Waals surface area contributed by atoms with E-state index in [0.29, 0.717) is 27.1 Å². The number of hydrogen-bond donors (Lipinski definition) is 1. The lowest BCUT2D eigenvalue weighted by Gasteiger charge is -2.27. The molecule has 4 rings (SSSR count). The standard InChI is InChI=1S/C27H23BrN2O3/c1-27(2,3)17-10-8-16(9-11-17)24-20-13-12-18(14-23(20)33-25(30)21(24)15-29)32-26(31)19-6-4-5-7-22(19)28/h4-14,24H,30H2,1-3H3. The third-order valence-electron chi connectivity index (χ3n) is 5.60. The van der Waals surface area contributed by atoms with Gasteiger partial charge in [-0.3, -0.25) is 0 Å². The predicted octanol–water partition coefficient (Wildman–Crippen LogP) is 6.18. The molecular formula is C27H23BrN2O3. The Labute approximate surface area is 201 Å². The van der Waals surface area contributed by atoms with Crippen LogP contribution in [0.3, 0.4) is 0 Å². The summed E-state index contributed by atoms with van der Waals surface area (Å²) in [6.45, 7) is 6.46. The van der Waals surface area contributed by atoms with E-state index >= 15 is 0 Å². The highest BCUT2D eigenvalue weighted by atomic mass is 79.9. The van der Waals surface area contributed by atoms with Gasteiger partial charge in [-0.1, -0.05) is 63.2 Å². The molecule has 1 unspecified atom stereocenters. The summed E-state index contributed by atoms with van der Waals surface area (Å²) in [5.41, 5.74) is 9.82. The van der Waals surface area contributed by atoms with Crippen LogP contribution in [0, 0.1) is 11.3 Å². The van der Waals surface area contributed by atoms with Crippen LogP contribution in [0.5, 0.6) is 11.5 Å². The Balaban J connectivity index is 1.69. The molecule has 166 valence electrons. The number of rotatable bonds is 3. The van der Waals surface area contributed by atoms with E-state index < -0.39 is 5.97 Å².